The van der Waals surface area contributed by atoms with Gasteiger partial charge in [-0.3, -0.25) is 4.98 Å². The highest BCUT2D eigenvalue weighted by Gasteiger charge is 2.13. The molecular weight excluding hydrogens is 248 g/mol. The summed E-state index contributed by atoms with van der Waals surface area (Å²) in [5.74, 6) is 0.892. The molecule has 0 spiro atoms. The predicted octanol–water partition coefficient (Wildman–Crippen LogP) is 3.42. The van der Waals surface area contributed by atoms with Gasteiger partial charge in [-0.05, 0) is 40.8 Å². The topological polar surface area (TPSA) is 48.1 Å². The van der Waals surface area contributed by atoms with E-state index in [1.54, 1.807) is 6.20 Å². The molecule has 0 aliphatic heterocycles. The monoisotopic (exact) mass is 270 g/mol. The summed E-state index contributed by atoms with van der Waals surface area (Å²) in [6, 6.07) is 12.2. The zero-order chi connectivity index (χ0) is 14.6. The Morgan fingerprint density at radius 3 is 2.65 bits per heavy atom. The van der Waals surface area contributed by atoms with E-state index in [1.165, 1.54) is 5.56 Å². The maximum Gasteiger partial charge on any atom is 0.120 e. The Morgan fingerprint density at radius 2 is 1.95 bits per heavy atom. The predicted molar refractivity (Wildman–Crippen MR) is 81.6 cm³/mol. The van der Waals surface area contributed by atoms with Crippen LogP contribution in [0.2, 0.25) is 0 Å². The fraction of sp³-hybridized carbons (Fsp3) is 0.353. The zero-order valence-electron chi connectivity index (χ0n) is 12.4. The highest BCUT2D eigenvalue weighted by Crippen LogP contribution is 2.25. The Kier molecular flexibility index (Phi) is 4.40. The van der Waals surface area contributed by atoms with Crippen molar-refractivity contribution < 1.29 is 4.74 Å². The molecule has 0 atom stereocenters. The van der Waals surface area contributed by atoms with Crippen molar-refractivity contribution in [3.8, 4) is 5.75 Å². The van der Waals surface area contributed by atoms with Crippen molar-refractivity contribution in [2.45, 2.75) is 39.3 Å². The Labute approximate surface area is 120 Å². The SMILES string of the molecule is CC(C)(C)c1cccc(OCc2ccnc(CN)c2)c1. The van der Waals surface area contributed by atoms with Gasteiger partial charge in [0.25, 0.3) is 0 Å². The molecule has 0 saturated heterocycles. The van der Waals surface area contributed by atoms with E-state index in [2.05, 4.69) is 37.9 Å². The molecule has 20 heavy (non-hydrogen) atoms. The van der Waals surface area contributed by atoms with Crippen LogP contribution in [0.15, 0.2) is 42.6 Å². The number of hydrogen-bond donors (Lipinski definition) is 1. The van der Waals surface area contributed by atoms with Crippen molar-refractivity contribution >= 4 is 0 Å². The quantitative estimate of drug-likeness (QED) is 0.926. The molecule has 2 N–H and O–H groups in total. The van der Waals surface area contributed by atoms with Gasteiger partial charge in [-0.25, -0.2) is 0 Å². The van der Waals surface area contributed by atoms with Gasteiger partial charge in [-0.15, -0.1) is 0 Å². The minimum absolute atomic E-state index is 0.128. The van der Waals surface area contributed by atoms with Crippen LogP contribution in [-0.4, -0.2) is 4.98 Å². The molecule has 0 aliphatic rings. The maximum atomic E-state index is 5.86. The second kappa shape index (κ2) is 6.06. The number of hydrogen-bond acceptors (Lipinski definition) is 3. The summed E-state index contributed by atoms with van der Waals surface area (Å²) in [6.45, 7) is 7.57. The molecule has 0 saturated carbocycles. The minimum Gasteiger partial charge on any atom is -0.489 e. The maximum absolute atomic E-state index is 5.86. The molecule has 2 aromatic rings. The standard InChI is InChI=1S/C17H22N2O/c1-17(2,3)14-5-4-6-16(10-14)20-12-13-7-8-19-15(9-13)11-18/h4-10H,11-12,18H2,1-3H3. The number of nitrogens with zero attached hydrogens (tertiary/aromatic N) is 1. The first kappa shape index (κ1) is 14.5. The average Bonchev–Trinajstić information content (AvgIpc) is 2.45. The Bertz CT molecular complexity index is 573. The van der Waals surface area contributed by atoms with Crippen LogP contribution in [0.25, 0.3) is 0 Å². The summed E-state index contributed by atoms with van der Waals surface area (Å²) in [5, 5.41) is 0. The molecule has 1 aromatic heterocycles. The van der Waals surface area contributed by atoms with Crippen LogP contribution in [0.3, 0.4) is 0 Å². The van der Waals surface area contributed by atoms with Crippen molar-refractivity contribution in [2.75, 3.05) is 0 Å². The van der Waals surface area contributed by atoms with E-state index in [4.69, 9.17) is 10.5 Å². The number of nitrogens with two attached hydrogens (primary N) is 1. The van der Waals surface area contributed by atoms with E-state index in [0.717, 1.165) is 17.0 Å². The Morgan fingerprint density at radius 1 is 1.15 bits per heavy atom. The van der Waals surface area contributed by atoms with E-state index >= 15 is 0 Å². The van der Waals surface area contributed by atoms with Gasteiger partial charge in [0.05, 0.1) is 5.69 Å². The normalized spacial score (nSPS) is 11.4. The third kappa shape index (κ3) is 3.81. The molecule has 1 aromatic carbocycles. The smallest absolute Gasteiger partial charge is 0.120 e. The highest BCUT2D eigenvalue weighted by atomic mass is 16.5. The largest absolute Gasteiger partial charge is 0.489 e. The van der Waals surface area contributed by atoms with Crippen LogP contribution in [0.4, 0.5) is 0 Å². The van der Waals surface area contributed by atoms with Crippen LogP contribution in [0.1, 0.15) is 37.6 Å². The summed E-state index contributed by atoms with van der Waals surface area (Å²) < 4.78 is 5.86. The average molecular weight is 270 g/mol. The van der Waals surface area contributed by atoms with Gasteiger partial charge in [0.15, 0.2) is 0 Å². The molecular formula is C17H22N2O. The van der Waals surface area contributed by atoms with Gasteiger partial charge in [-0.2, -0.15) is 0 Å². The zero-order valence-corrected chi connectivity index (χ0v) is 12.4. The lowest BCUT2D eigenvalue weighted by atomic mass is 9.87. The van der Waals surface area contributed by atoms with Crippen molar-refractivity contribution in [2.24, 2.45) is 5.73 Å². The third-order valence-electron chi connectivity index (χ3n) is 3.20. The molecule has 3 heteroatoms. The van der Waals surface area contributed by atoms with Gasteiger partial charge < -0.3 is 10.5 Å². The van der Waals surface area contributed by atoms with Crippen LogP contribution in [0.5, 0.6) is 5.75 Å². The number of aromatic nitrogens is 1. The highest BCUT2D eigenvalue weighted by molar-refractivity contribution is 5.32. The lowest BCUT2D eigenvalue weighted by molar-refractivity contribution is 0.305. The van der Waals surface area contributed by atoms with Crippen LogP contribution >= 0.6 is 0 Å². The van der Waals surface area contributed by atoms with Crippen LogP contribution in [0, 0.1) is 0 Å². The summed E-state index contributed by atoms with van der Waals surface area (Å²) in [4.78, 5) is 4.18. The second-order valence-corrected chi connectivity index (χ2v) is 5.93. The molecule has 0 unspecified atom stereocenters. The number of rotatable bonds is 4. The molecule has 3 nitrogen and oxygen atoms in total. The van der Waals surface area contributed by atoms with E-state index in [-0.39, 0.29) is 5.41 Å². The number of pyridine rings is 1. The molecule has 0 bridgehead atoms. The molecule has 1 heterocycles. The second-order valence-electron chi connectivity index (χ2n) is 5.93. The lowest BCUT2D eigenvalue weighted by Crippen LogP contribution is -2.11. The number of benzene rings is 1. The third-order valence-corrected chi connectivity index (χ3v) is 3.20. The van der Waals surface area contributed by atoms with E-state index in [0.29, 0.717) is 13.2 Å². The van der Waals surface area contributed by atoms with Crippen LogP contribution < -0.4 is 10.5 Å². The fourth-order valence-electron chi connectivity index (χ4n) is 1.95. The molecule has 2 rings (SSSR count). The fourth-order valence-corrected chi connectivity index (χ4v) is 1.95. The summed E-state index contributed by atoms with van der Waals surface area (Å²) >= 11 is 0. The Hall–Kier alpha value is -1.87. The van der Waals surface area contributed by atoms with E-state index in [9.17, 15) is 0 Å². The molecule has 0 radical (unpaired) electrons. The Balaban J connectivity index is 2.07. The first-order valence-corrected chi connectivity index (χ1v) is 6.86. The van der Waals surface area contributed by atoms with Gasteiger partial charge >= 0.3 is 0 Å². The minimum atomic E-state index is 0.128. The van der Waals surface area contributed by atoms with Crippen molar-refractivity contribution in [1.82, 2.24) is 4.98 Å². The van der Waals surface area contributed by atoms with Gasteiger partial charge in [-0.1, -0.05) is 32.9 Å². The van der Waals surface area contributed by atoms with Crippen molar-refractivity contribution in [3.05, 3.63) is 59.4 Å². The summed E-state index contributed by atoms with van der Waals surface area (Å²) in [7, 11) is 0. The molecule has 0 aliphatic carbocycles. The van der Waals surface area contributed by atoms with E-state index in [1.807, 2.05) is 24.3 Å². The van der Waals surface area contributed by atoms with E-state index < -0.39 is 0 Å². The van der Waals surface area contributed by atoms with Gasteiger partial charge in [0.2, 0.25) is 0 Å². The lowest BCUT2D eigenvalue weighted by Gasteiger charge is -2.19. The van der Waals surface area contributed by atoms with Gasteiger partial charge in [0.1, 0.15) is 12.4 Å². The molecule has 106 valence electrons. The molecule has 0 fully saturated rings. The van der Waals surface area contributed by atoms with Crippen molar-refractivity contribution in [1.29, 1.82) is 0 Å². The van der Waals surface area contributed by atoms with Crippen LogP contribution in [-0.2, 0) is 18.6 Å². The molecule has 0 amide bonds. The first-order valence-electron chi connectivity index (χ1n) is 6.86. The van der Waals surface area contributed by atoms with Gasteiger partial charge in [0, 0.05) is 12.7 Å². The summed E-state index contributed by atoms with van der Waals surface area (Å²) in [5.41, 5.74) is 8.96. The summed E-state index contributed by atoms with van der Waals surface area (Å²) in [6.07, 6.45) is 1.77. The van der Waals surface area contributed by atoms with Crippen molar-refractivity contribution in [3.63, 3.8) is 0 Å². The first-order chi connectivity index (χ1) is 9.49. The number of ether oxygens (including phenoxy) is 1.